The number of allylic oxidation sites excluding steroid dienone is 2. The normalized spacial score (nSPS) is 21.8. The summed E-state index contributed by atoms with van der Waals surface area (Å²) >= 11 is 1.45. The largest absolute Gasteiger partial charge is 0.497 e. The van der Waals surface area contributed by atoms with E-state index in [9.17, 15) is 22.8 Å². The van der Waals surface area contributed by atoms with Gasteiger partial charge >= 0.3 is 0 Å². The van der Waals surface area contributed by atoms with E-state index in [1.54, 1.807) is 29.9 Å². The molecule has 3 fully saturated rings. The Kier molecular flexibility index (Phi) is 11.6. The predicted molar refractivity (Wildman–Crippen MR) is 214 cm³/mol. The van der Waals surface area contributed by atoms with Crippen LogP contribution in [0.5, 0.6) is 5.75 Å². The fraction of sp³-hybridized carbons (Fsp3) is 0.450. The zero-order valence-electron chi connectivity index (χ0n) is 31.5. The summed E-state index contributed by atoms with van der Waals surface area (Å²) in [6.45, 7) is 1.88. The molecule has 5 unspecified atom stereocenters. The highest BCUT2D eigenvalue weighted by atomic mass is 32.2. The molecule has 4 N–H and O–H groups in total. The van der Waals surface area contributed by atoms with Gasteiger partial charge in [-0.2, -0.15) is 9.90 Å². The van der Waals surface area contributed by atoms with Crippen LogP contribution < -0.4 is 20.5 Å². The van der Waals surface area contributed by atoms with Crippen LogP contribution in [0.1, 0.15) is 70.8 Å². The summed E-state index contributed by atoms with van der Waals surface area (Å²) in [6.07, 6.45) is 11.7. The van der Waals surface area contributed by atoms with Crippen molar-refractivity contribution in [3.8, 4) is 27.7 Å². The lowest BCUT2D eigenvalue weighted by Gasteiger charge is -2.28. The number of carbonyl (C=O) groups is 3. The number of sulfonamides is 1. The molecule has 7 rings (SSSR count). The van der Waals surface area contributed by atoms with Crippen molar-refractivity contribution in [1.29, 1.82) is 0 Å². The van der Waals surface area contributed by atoms with Gasteiger partial charge in [-0.15, -0.1) is 16.4 Å². The number of rotatable bonds is 18. The number of anilines is 1. The van der Waals surface area contributed by atoms with E-state index in [2.05, 4.69) is 21.1 Å². The Morgan fingerprint density at radius 3 is 2.46 bits per heavy atom. The molecule has 2 saturated carbocycles. The van der Waals surface area contributed by atoms with Gasteiger partial charge in [-0.25, -0.2) is 13.4 Å². The molecule has 2 aromatic carbocycles. The van der Waals surface area contributed by atoms with Crippen LogP contribution in [0.3, 0.4) is 0 Å². The first-order valence-corrected chi connectivity index (χ1v) is 21.5. The molecule has 1 aliphatic heterocycles. The smallest absolute Gasteiger partial charge is 0.245 e. The number of para-hydroxylation sites is 1. The number of nitrogens with one attached hydrogen (secondary N) is 2. The van der Waals surface area contributed by atoms with Crippen LogP contribution in [0, 0.1) is 11.8 Å². The molecule has 3 amide bonds. The predicted octanol–water partition coefficient (Wildman–Crippen LogP) is 5.33. The van der Waals surface area contributed by atoms with E-state index >= 15 is 0 Å². The van der Waals surface area contributed by atoms with Crippen molar-refractivity contribution in [2.75, 3.05) is 19.0 Å². The summed E-state index contributed by atoms with van der Waals surface area (Å²) in [6, 6.07) is 15.2. The maximum Gasteiger partial charge on any atom is 0.245 e. The fourth-order valence-corrected chi connectivity index (χ4v) is 9.09. The molecule has 0 radical (unpaired) electrons. The number of likely N-dealkylation sites (tertiary alicyclic amines) is 1. The average Bonchev–Trinajstić information content (AvgIpc) is 3.88. The first kappa shape index (κ1) is 39.2. The van der Waals surface area contributed by atoms with E-state index in [1.807, 2.05) is 66.1 Å². The molecule has 3 heterocycles. The number of aromatic nitrogens is 4. The average molecular weight is 801 g/mol. The third-order valence-electron chi connectivity index (χ3n) is 11.0. The summed E-state index contributed by atoms with van der Waals surface area (Å²) in [5.74, 6) is -0.722. The molecule has 3 aliphatic rings. The second kappa shape index (κ2) is 16.6. The Hall–Kier alpha value is -5.09. The van der Waals surface area contributed by atoms with Crippen LogP contribution >= 0.6 is 11.3 Å². The van der Waals surface area contributed by atoms with Crippen LogP contribution in [-0.2, 0) is 24.4 Å². The summed E-state index contributed by atoms with van der Waals surface area (Å²) in [5, 5.41) is 15.7. The maximum atomic E-state index is 14.4. The van der Waals surface area contributed by atoms with Gasteiger partial charge in [-0.05, 0) is 87.8 Å². The number of hydrogen-bond donors (Lipinski definition) is 3. The molecule has 0 spiro atoms. The van der Waals surface area contributed by atoms with Gasteiger partial charge in [0.2, 0.25) is 27.7 Å². The minimum Gasteiger partial charge on any atom is -0.497 e. The molecule has 1 saturated heterocycles. The summed E-state index contributed by atoms with van der Waals surface area (Å²) in [4.78, 5) is 47.4. The van der Waals surface area contributed by atoms with E-state index in [4.69, 9.17) is 20.7 Å². The molecule has 4 aromatic rings. The van der Waals surface area contributed by atoms with E-state index in [1.165, 1.54) is 11.3 Å². The molecule has 296 valence electrons. The third-order valence-corrected chi connectivity index (χ3v) is 14.0. The Morgan fingerprint density at radius 2 is 1.79 bits per heavy atom. The molecule has 16 heteroatoms. The Bertz CT molecular complexity index is 2150. The van der Waals surface area contributed by atoms with Crippen molar-refractivity contribution in [2.45, 2.75) is 87.6 Å². The zero-order chi connectivity index (χ0) is 39.5. The van der Waals surface area contributed by atoms with E-state index in [-0.39, 0.29) is 30.7 Å². The standard InChI is InChI=1S/C40H48N8O6S2/c1-40(19-20-40)56(52,53)46-37(50)31-23-27(31)11-7-4-3-5-10-14-32(43-28-12-8-6-9-13-28)39(51)47-25-29(24-33(47)36(41)49)48-44-34(26-15-17-30(54-2)18-16-26)35(45-48)38-42-21-22-55-38/h6-9,11-13,15-18,21-22,27,29,31-33,43H,3-5,10,14,19-20,23-25H2,1-2H3,(H2,41,49)(H,46,50). The van der Waals surface area contributed by atoms with Gasteiger partial charge in [0.15, 0.2) is 0 Å². The van der Waals surface area contributed by atoms with Crippen molar-refractivity contribution >= 4 is 44.8 Å². The number of nitrogens with zero attached hydrogens (tertiary/aromatic N) is 5. The van der Waals surface area contributed by atoms with Gasteiger partial charge in [-0.3, -0.25) is 19.1 Å². The molecule has 2 aromatic heterocycles. The number of nitrogens with two attached hydrogens (primary N) is 1. The van der Waals surface area contributed by atoms with Crippen molar-refractivity contribution in [1.82, 2.24) is 29.6 Å². The Balaban J connectivity index is 0.979. The molecular formula is C40H48N8O6S2. The number of carbonyl (C=O) groups excluding carboxylic acids is 3. The number of unbranched alkanes of at least 4 members (excludes halogenated alkanes) is 3. The van der Waals surface area contributed by atoms with Gasteiger partial charge in [0.25, 0.3) is 0 Å². The highest BCUT2D eigenvalue weighted by Crippen LogP contribution is 2.44. The minimum atomic E-state index is -3.62. The molecular weight excluding hydrogens is 753 g/mol. The van der Waals surface area contributed by atoms with Crippen molar-refractivity contribution < 1.29 is 27.5 Å². The monoisotopic (exact) mass is 800 g/mol. The number of amides is 3. The summed E-state index contributed by atoms with van der Waals surface area (Å²) in [5.41, 5.74) is 8.81. The first-order valence-electron chi connectivity index (χ1n) is 19.1. The number of primary amides is 1. The van der Waals surface area contributed by atoms with Gasteiger partial charge in [0.1, 0.15) is 34.2 Å². The number of benzene rings is 2. The molecule has 14 nitrogen and oxygen atoms in total. The maximum absolute atomic E-state index is 14.4. The van der Waals surface area contributed by atoms with E-state index in [0.29, 0.717) is 47.8 Å². The lowest BCUT2D eigenvalue weighted by atomic mass is 10.0. The van der Waals surface area contributed by atoms with Crippen LogP contribution in [0.25, 0.3) is 22.0 Å². The van der Waals surface area contributed by atoms with Crippen LogP contribution in [-0.4, -0.2) is 81.5 Å². The fourth-order valence-electron chi connectivity index (χ4n) is 7.16. The van der Waals surface area contributed by atoms with Crippen molar-refractivity contribution in [3.63, 3.8) is 0 Å². The quantitative estimate of drug-likeness (QED) is 0.0876. The van der Waals surface area contributed by atoms with Gasteiger partial charge < -0.3 is 20.7 Å². The van der Waals surface area contributed by atoms with Crippen molar-refractivity contribution in [2.24, 2.45) is 17.6 Å². The second-order valence-electron chi connectivity index (χ2n) is 15.1. The van der Waals surface area contributed by atoms with Crippen molar-refractivity contribution in [3.05, 3.63) is 78.3 Å². The minimum absolute atomic E-state index is 0.0571. The number of thiazole rings is 1. The van der Waals surface area contributed by atoms with Crippen LogP contribution in [0.15, 0.2) is 78.3 Å². The van der Waals surface area contributed by atoms with Gasteiger partial charge in [0.05, 0.1) is 17.9 Å². The second-order valence-corrected chi connectivity index (χ2v) is 18.2. The topological polar surface area (TPSA) is 191 Å². The zero-order valence-corrected chi connectivity index (χ0v) is 33.2. The number of methoxy groups -OCH3 is 1. The van der Waals surface area contributed by atoms with E-state index in [0.717, 1.165) is 36.9 Å². The molecule has 56 heavy (non-hydrogen) atoms. The number of hydrogen-bond acceptors (Lipinski definition) is 11. The SMILES string of the molecule is COc1ccc(-c2nn(C3CC(C(N)=O)N(C(=O)C(CCCCCC=CC4CC4C(=O)NS(=O)(=O)C4(C)CC4)Nc4ccccc4)C3)nc2-c2nccs2)cc1. The first-order chi connectivity index (χ1) is 27.0. The molecule has 2 aliphatic carbocycles. The summed E-state index contributed by atoms with van der Waals surface area (Å²) < 4.78 is 31.6. The lowest BCUT2D eigenvalue weighted by molar-refractivity contribution is -0.138. The lowest BCUT2D eigenvalue weighted by Crippen LogP contribution is -2.49. The Morgan fingerprint density at radius 1 is 1.04 bits per heavy atom. The molecule has 0 bridgehead atoms. The van der Waals surface area contributed by atoms with Gasteiger partial charge in [0, 0.05) is 41.7 Å². The highest BCUT2D eigenvalue weighted by molar-refractivity contribution is 7.91. The highest BCUT2D eigenvalue weighted by Gasteiger charge is 2.52. The summed E-state index contributed by atoms with van der Waals surface area (Å²) in [7, 11) is -2.01. The number of ether oxygens (including phenoxy) is 1. The van der Waals surface area contributed by atoms with Crippen LogP contribution in [0.4, 0.5) is 5.69 Å². The Labute approximate surface area is 331 Å². The van der Waals surface area contributed by atoms with Crippen LogP contribution in [0.2, 0.25) is 0 Å². The third kappa shape index (κ3) is 8.81. The van der Waals surface area contributed by atoms with Gasteiger partial charge in [-0.1, -0.05) is 43.2 Å². The van der Waals surface area contributed by atoms with E-state index < -0.39 is 44.7 Å². The molecule has 5 atom stereocenters.